The van der Waals surface area contributed by atoms with E-state index in [1.165, 1.54) is 0 Å². The Morgan fingerprint density at radius 1 is 1.06 bits per heavy atom. The van der Waals surface area contributed by atoms with Crippen LogP contribution in [0.1, 0.15) is 0 Å². The number of alkyl halides is 6. The van der Waals surface area contributed by atoms with E-state index in [-0.39, 0.29) is 0 Å². The van der Waals surface area contributed by atoms with Gasteiger partial charge >= 0.3 is 18.0 Å². The number of hydrogen-bond acceptors (Lipinski definition) is 4. The molecule has 0 saturated carbocycles. The normalized spacial score (nSPS) is 14.5. The topological polar surface area (TPSA) is 80.7 Å². The smallest absolute Gasteiger partial charge is 0.438 e. The zero-order chi connectivity index (χ0) is 14.1. The molecule has 0 heterocycles. The van der Waals surface area contributed by atoms with Crippen LogP contribution in [0, 0.1) is 0 Å². The van der Waals surface area contributed by atoms with E-state index < -0.39 is 40.3 Å². The number of rotatable bonds is 4. The summed E-state index contributed by atoms with van der Waals surface area (Å²) in [4.78, 5) is 9.70. The van der Waals surface area contributed by atoms with Crippen LogP contribution in [-0.2, 0) is 19.6 Å². The Balaban J connectivity index is 5.85. The first-order valence-corrected chi connectivity index (χ1v) is 5.08. The predicted molar refractivity (Wildman–Crippen MR) is 38.4 cm³/mol. The third-order valence-corrected chi connectivity index (χ3v) is 2.32. The van der Waals surface area contributed by atoms with E-state index in [2.05, 4.69) is 4.74 Å². The van der Waals surface area contributed by atoms with Gasteiger partial charge in [-0.15, -0.1) is 0 Å². The summed E-state index contributed by atoms with van der Waals surface area (Å²) in [6.07, 6.45) is -12.5. The van der Waals surface area contributed by atoms with Gasteiger partial charge in [0.15, 0.2) is 0 Å². The van der Waals surface area contributed by atoms with Crippen LogP contribution in [0.15, 0.2) is 0 Å². The molecule has 0 aliphatic heterocycles. The van der Waals surface area contributed by atoms with E-state index in [1.807, 2.05) is 0 Å². The molecule has 0 unspecified atom stereocenters. The minimum atomic E-state index is -6.26. The molecule has 0 aromatic carbocycles. The van der Waals surface area contributed by atoms with Gasteiger partial charge in [-0.1, -0.05) is 0 Å². The van der Waals surface area contributed by atoms with Crippen molar-refractivity contribution in [2.24, 2.45) is 0 Å². The van der Waals surface area contributed by atoms with Gasteiger partial charge in [0.1, 0.15) is 5.75 Å². The Bertz CT molecular complexity index is 367. The standard InChI is InChI=1S/C5H4F6O5S/c6-4(7,8)3(16-2-12,5(9,10)11)1-17(13,14)15/h2H,1H2,(H,13,14,15). The van der Waals surface area contributed by atoms with Gasteiger partial charge in [-0.3, -0.25) is 9.35 Å². The molecule has 5 nitrogen and oxygen atoms in total. The summed E-state index contributed by atoms with van der Waals surface area (Å²) < 4.78 is 105. The molecule has 0 atom stereocenters. The van der Waals surface area contributed by atoms with Crippen LogP contribution in [0.4, 0.5) is 26.3 Å². The second-order valence-electron chi connectivity index (χ2n) is 2.76. The lowest BCUT2D eigenvalue weighted by Crippen LogP contribution is -2.62. The molecule has 0 aromatic rings. The van der Waals surface area contributed by atoms with Crippen molar-refractivity contribution >= 4 is 16.6 Å². The number of ether oxygens (including phenoxy) is 1. The second kappa shape index (κ2) is 4.33. The maximum Gasteiger partial charge on any atom is 0.438 e. The molecule has 0 spiro atoms. The van der Waals surface area contributed by atoms with E-state index in [9.17, 15) is 39.6 Å². The summed E-state index contributed by atoms with van der Waals surface area (Å²) >= 11 is 0. The summed E-state index contributed by atoms with van der Waals surface area (Å²) in [5.74, 6) is -2.87. The Morgan fingerprint density at radius 3 is 1.59 bits per heavy atom. The molecule has 0 saturated heterocycles. The Hall–Kier alpha value is -1.04. The molecule has 0 rings (SSSR count). The van der Waals surface area contributed by atoms with Gasteiger partial charge in [-0.05, 0) is 0 Å². The predicted octanol–water partition coefficient (Wildman–Crippen LogP) is 0.911. The quantitative estimate of drug-likeness (QED) is 0.473. The van der Waals surface area contributed by atoms with Crippen molar-refractivity contribution < 1.29 is 48.8 Å². The Labute approximate surface area is 90.1 Å². The lowest BCUT2D eigenvalue weighted by atomic mass is 10.1. The monoisotopic (exact) mass is 290 g/mol. The zero-order valence-electron chi connectivity index (χ0n) is 7.54. The average molecular weight is 290 g/mol. The highest BCUT2D eigenvalue weighted by molar-refractivity contribution is 7.85. The number of carbonyl (C=O) groups excluding carboxylic acids is 1. The van der Waals surface area contributed by atoms with Gasteiger partial charge in [0.05, 0.1) is 0 Å². The number of carbonyl (C=O) groups is 1. The lowest BCUT2D eigenvalue weighted by molar-refractivity contribution is -0.358. The summed E-state index contributed by atoms with van der Waals surface area (Å²) in [5.41, 5.74) is -5.30. The molecule has 0 fully saturated rings. The molecular weight excluding hydrogens is 286 g/mol. The summed E-state index contributed by atoms with van der Waals surface area (Å²) in [7, 11) is -5.69. The fourth-order valence-electron chi connectivity index (χ4n) is 0.831. The average Bonchev–Trinajstić information content (AvgIpc) is 1.96. The lowest BCUT2D eigenvalue weighted by Gasteiger charge is -2.33. The van der Waals surface area contributed by atoms with Crippen LogP contribution in [0.5, 0.6) is 0 Å². The van der Waals surface area contributed by atoms with Crippen molar-refractivity contribution in [3.8, 4) is 0 Å². The maximum absolute atomic E-state index is 12.2. The van der Waals surface area contributed by atoms with Crippen molar-refractivity contribution in [3.05, 3.63) is 0 Å². The molecule has 12 heteroatoms. The summed E-state index contributed by atoms with van der Waals surface area (Å²) in [5, 5.41) is 0. The fraction of sp³-hybridized carbons (Fsp3) is 0.800. The molecule has 0 aliphatic carbocycles. The van der Waals surface area contributed by atoms with Gasteiger partial charge in [-0.2, -0.15) is 34.8 Å². The van der Waals surface area contributed by atoms with E-state index >= 15 is 0 Å². The van der Waals surface area contributed by atoms with E-state index in [1.54, 1.807) is 0 Å². The maximum atomic E-state index is 12.2. The van der Waals surface area contributed by atoms with Crippen LogP contribution in [0.3, 0.4) is 0 Å². The highest BCUT2D eigenvalue weighted by atomic mass is 32.2. The van der Waals surface area contributed by atoms with Gasteiger partial charge in [0.25, 0.3) is 16.6 Å². The van der Waals surface area contributed by atoms with Gasteiger partial charge < -0.3 is 4.74 Å². The minimum absolute atomic E-state index is 1.20. The largest absolute Gasteiger partial charge is 0.440 e. The Kier molecular flexibility index (Phi) is 4.06. The zero-order valence-corrected chi connectivity index (χ0v) is 8.36. The van der Waals surface area contributed by atoms with Crippen molar-refractivity contribution in [2.75, 3.05) is 5.75 Å². The van der Waals surface area contributed by atoms with Crippen molar-refractivity contribution in [1.29, 1.82) is 0 Å². The molecular formula is C5H4F6O5S. The molecule has 0 radical (unpaired) electrons. The van der Waals surface area contributed by atoms with Gasteiger partial charge in [0, 0.05) is 0 Å². The van der Waals surface area contributed by atoms with Gasteiger partial charge in [-0.25, -0.2) is 0 Å². The molecule has 0 aromatic heterocycles. The molecule has 0 amide bonds. The van der Waals surface area contributed by atoms with Crippen LogP contribution in [0.25, 0.3) is 0 Å². The first kappa shape index (κ1) is 16.0. The summed E-state index contributed by atoms with van der Waals surface area (Å²) in [6, 6.07) is 0. The third-order valence-electron chi connectivity index (χ3n) is 1.55. The SMILES string of the molecule is O=COC(CS(=O)(=O)O)(C(F)(F)F)C(F)(F)F. The van der Waals surface area contributed by atoms with E-state index in [0.29, 0.717) is 0 Å². The summed E-state index contributed by atoms with van der Waals surface area (Å²) in [6.45, 7) is -1.20. The first-order valence-electron chi connectivity index (χ1n) is 3.47. The van der Waals surface area contributed by atoms with E-state index in [4.69, 9.17) is 4.55 Å². The van der Waals surface area contributed by atoms with Crippen molar-refractivity contribution in [3.63, 3.8) is 0 Å². The molecule has 0 aliphatic rings. The molecule has 102 valence electrons. The first-order chi connectivity index (χ1) is 7.27. The highest BCUT2D eigenvalue weighted by Gasteiger charge is 2.75. The van der Waals surface area contributed by atoms with Crippen LogP contribution in [-0.4, -0.2) is 43.1 Å². The second-order valence-corrected chi connectivity index (χ2v) is 4.22. The van der Waals surface area contributed by atoms with Crippen LogP contribution in [0.2, 0.25) is 0 Å². The van der Waals surface area contributed by atoms with Crippen LogP contribution < -0.4 is 0 Å². The van der Waals surface area contributed by atoms with Crippen molar-refractivity contribution in [2.45, 2.75) is 18.0 Å². The Morgan fingerprint density at radius 2 is 1.41 bits per heavy atom. The molecule has 1 N–H and O–H groups in total. The van der Waals surface area contributed by atoms with Crippen LogP contribution >= 0.6 is 0 Å². The molecule has 17 heavy (non-hydrogen) atoms. The van der Waals surface area contributed by atoms with E-state index in [0.717, 1.165) is 0 Å². The third kappa shape index (κ3) is 3.46. The molecule has 0 bridgehead atoms. The number of halogens is 6. The highest BCUT2D eigenvalue weighted by Crippen LogP contribution is 2.46. The van der Waals surface area contributed by atoms with Crippen molar-refractivity contribution in [1.82, 2.24) is 0 Å². The fourth-order valence-corrected chi connectivity index (χ4v) is 1.74. The minimum Gasteiger partial charge on any atom is -0.440 e. The van der Waals surface area contributed by atoms with Gasteiger partial charge in [0.2, 0.25) is 0 Å². The number of hydrogen-bond donors (Lipinski definition) is 1.